The first-order chi connectivity index (χ1) is 15.0. The Kier molecular flexibility index (Phi) is 7.22. The quantitative estimate of drug-likeness (QED) is 0.509. The Morgan fingerprint density at radius 1 is 1.23 bits per heavy atom. The van der Waals surface area contributed by atoms with E-state index in [4.69, 9.17) is 27.9 Å². The number of rotatable bonds is 8. The number of fused-ring (bicyclic) bond motifs is 1. The van der Waals surface area contributed by atoms with E-state index in [9.17, 15) is 9.59 Å². The topological polar surface area (TPSA) is 49.9 Å². The minimum Gasteiger partial charge on any atom is -0.385 e. The molecule has 4 rings (SSSR count). The number of thiophene rings is 1. The summed E-state index contributed by atoms with van der Waals surface area (Å²) in [5.41, 5.74) is 1.96. The van der Waals surface area contributed by atoms with Gasteiger partial charge in [-0.2, -0.15) is 0 Å². The Labute approximate surface area is 196 Å². The molecule has 0 radical (unpaired) electrons. The van der Waals surface area contributed by atoms with Gasteiger partial charge in [-0.3, -0.25) is 9.59 Å². The summed E-state index contributed by atoms with van der Waals surface area (Å²) in [6, 6.07) is 7.22. The second-order valence-corrected chi connectivity index (χ2v) is 9.93. The molecule has 1 saturated carbocycles. The number of hydrogen-bond donors (Lipinski definition) is 0. The predicted molar refractivity (Wildman–Crippen MR) is 124 cm³/mol. The molecule has 2 aromatic rings. The van der Waals surface area contributed by atoms with Crippen molar-refractivity contribution in [3.63, 3.8) is 0 Å². The molecular weight excluding hydrogens is 455 g/mol. The smallest absolute Gasteiger partial charge is 0.242 e. The first-order valence-electron chi connectivity index (χ1n) is 10.6. The second kappa shape index (κ2) is 9.90. The number of carbonyl (C=O) groups is 2. The molecule has 31 heavy (non-hydrogen) atoms. The minimum absolute atomic E-state index is 0.0562. The van der Waals surface area contributed by atoms with Gasteiger partial charge < -0.3 is 14.5 Å². The summed E-state index contributed by atoms with van der Waals surface area (Å²) in [6.45, 7) is 1.77. The standard InChI is InChI=1S/C23H26Cl2N2O3S/c1-30-11-2-9-26(23(29)15-3-4-15)14-21(28)27-10-7-20-18(8-12-31-20)22(27)17-6-5-16(24)13-19(17)25/h5-6,8,12-13,15,22H,2-4,7,9-11,14H2,1H3. The van der Waals surface area contributed by atoms with Crippen LogP contribution in [-0.2, 0) is 20.7 Å². The predicted octanol–water partition coefficient (Wildman–Crippen LogP) is 4.80. The maximum absolute atomic E-state index is 13.5. The lowest BCUT2D eigenvalue weighted by Crippen LogP contribution is -2.47. The Hall–Kier alpha value is -1.60. The molecule has 166 valence electrons. The number of hydrogen-bond acceptors (Lipinski definition) is 4. The van der Waals surface area contributed by atoms with Crippen LogP contribution < -0.4 is 0 Å². The lowest BCUT2D eigenvalue weighted by atomic mass is 9.93. The third-order valence-electron chi connectivity index (χ3n) is 5.88. The van der Waals surface area contributed by atoms with E-state index < -0.39 is 0 Å². The van der Waals surface area contributed by atoms with Gasteiger partial charge in [0.1, 0.15) is 0 Å². The fraction of sp³-hybridized carbons (Fsp3) is 0.478. The Morgan fingerprint density at radius 3 is 2.74 bits per heavy atom. The van der Waals surface area contributed by atoms with Crippen molar-refractivity contribution < 1.29 is 14.3 Å². The van der Waals surface area contributed by atoms with Gasteiger partial charge in [-0.25, -0.2) is 0 Å². The van der Waals surface area contributed by atoms with E-state index in [0.717, 1.165) is 30.4 Å². The Balaban J connectivity index is 1.59. The van der Waals surface area contributed by atoms with E-state index in [1.165, 1.54) is 4.88 Å². The highest BCUT2D eigenvalue weighted by atomic mass is 35.5. The van der Waals surface area contributed by atoms with Gasteiger partial charge in [0.2, 0.25) is 11.8 Å². The molecule has 1 fully saturated rings. The van der Waals surface area contributed by atoms with Crippen molar-refractivity contribution in [2.75, 3.05) is 33.4 Å². The SMILES string of the molecule is COCCCN(CC(=O)N1CCc2sccc2C1c1ccc(Cl)cc1Cl)C(=O)C1CC1. The van der Waals surface area contributed by atoms with Crippen LogP contribution in [0.1, 0.15) is 41.3 Å². The molecule has 0 bridgehead atoms. The van der Waals surface area contributed by atoms with Gasteiger partial charge in [0.25, 0.3) is 0 Å². The largest absolute Gasteiger partial charge is 0.385 e. The third kappa shape index (κ3) is 5.08. The van der Waals surface area contributed by atoms with Crippen molar-refractivity contribution in [1.82, 2.24) is 9.80 Å². The highest BCUT2D eigenvalue weighted by Gasteiger charge is 2.37. The van der Waals surface area contributed by atoms with Crippen LogP contribution in [0.5, 0.6) is 0 Å². The fourth-order valence-corrected chi connectivity index (χ4v) is 5.57. The third-order valence-corrected chi connectivity index (χ3v) is 7.44. The van der Waals surface area contributed by atoms with Crippen LogP contribution in [0, 0.1) is 5.92 Å². The van der Waals surface area contributed by atoms with E-state index >= 15 is 0 Å². The molecule has 1 atom stereocenters. The molecule has 2 aliphatic rings. The van der Waals surface area contributed by atoms with Crippen molar-refractivity contribution >= 4 is 46.4 Å². The zero-order chi connectivity index (χ0) is 22.0. The molecule has 1 aliphatic carbocycles. The van der Waals surface area contributed by atoms with E-state index in [1.807, 2.05) is 11.0 Å². The summed E-state index contributed by atoms with van der Waals surface area (Å²) in [5.74, 6) is 0.0970. The van der Waals surface area contributed by atoms with Crippen LogP contribution in [0.15, 0.2) is 29.6 Å². The van der Waals surface area contributed by atoms with Crippen LogP contribution in [0.3, 0.4) is 0 Å². The highest BCUT2D eigenvalue weighted by molar-refractivity contribution is 7.10. The molecule has 0 N–H and O–H groups in total. The van der Waals surface area contributed by atoms with Crippen molar-refractivity contribution in [1.29, 1.82) is 0 Å². The number of methoxy groups -OCH3 is 1. The van der Waals surface area contributed by atoms with Crippen LogP contribution in [0.25, 0.3) is 0 Å². The lowest BCUT2D eigenvalue weighted by Gasteiger charge is -2.38. The van der Waals surface area contributed by atoms with Crippen LogP contribution in [0.4, 0.5) is 0 Å². The van der Waals surface area contributed by atoms with E-state index in [0.29, 0.717) is 36.2 Å². The number of carbonyl (C=O) groups excluding carboxylic acids is 2. The first kappa shape index (κ1) is 22.6. The number of ether oxygens (including phenoxy) is 1. The lowest BCUT2D eigenvalue weighted by molar-refractivity contribution is -0.142. The highest BCUT2D eigenvalue weighted by Crippen LogP contribution is 2.41. The van der Waals surface area contributed by atoms with Crippen molar-refractivity contribution in [3.05, 3.63) is 55.7 Å². The summed E-state index contributed by atoms with van der Waals surface area (Å²) >= 11 is 14.4. The van der Waals surface area contributed by atoms with Gasteiger partial charge in [0, 0.05) is 47.6 Å². The maximum atomic E-state index is 13.5. The summed E-state index contributed by atoms with van der Waals surface area (Å²) in [6.07, 6.45) is 3.35. The normalized spacial score (nSPS) is 18.0. The molecule has 1 unspecified atom stereocenters. The first-order valence-corrected chi connectivity index (χ1v) is 12.2. The van der Waals surface area contributed by atoms with Crippen molar-refractivity contribution in [2.24, 2.45) is 5.92 Å². The minimum atomic E-state index is -0.274. The molecule has 1 aliphatic heterocycles. The number of nitrogens with zero attached hydrogens (tertiary/aromatic N) is 2. The molecule has 0 spiro atoms. The molecule has 2 heterocycles. The van der Waals surface area contributed by atoms with Gasteiger partial charge in [0.05, 0.1) is 12.6 Å². The second-order valence-electron chi connectivity index (χ2n) is 8.09. The summed E-state index contributed by atoms with van der Waals surface area (Å²) in [4.78, 5) is 31.2. The Morgan fingerprint density at radius 2 is 2.03 bits per heavy atom. The van der Waals surface area contributed by atoms with Gasteiger partial charge >= 0.3 is 0 Å². The molecular formula is C23H26Cl2N2O3S. The molecule has 2 amide bonds. The average Bonchev–Trinajstić information content (AvgIpc) is 3.49. The molecule has 1 aromatic carbocycles. The zero-order valence-corrected chi connectivity index (χ0v) is 19.8. The Bertz CT molecular complexity index is 960. The van der Waals surface area contributed by atoms with Gasteiger partial charge in [-0.1, -0.05) is 29.3 Å². The average molecular weight is 481 g/mol. The number of halogens is 2. The monoisotopic (exact) mass is 480 g/mol. The summed E-state index contributed by atoms with van der Waals surface area (Å²) < 4.78 is 5.14. The van der Waals surface area contributed by atoms with Crippen molar-refractivity contribution in [3.8, 4) is 0 Å². The van der Waals surface area contributed by atoms with Gasteiger partial charge in [-0.05, 0) is 60.4 Å². The van der Waals surface area contributed by atoms with E-state index in [-0.39, 0.29) is 30.3 Å². The summed E-state index contributed by atoms with van der Waals surface area (Å²) in [5, 5.41) is 3.16. The zero-order valence-electron chi connectivity index (χ0n) is 17.5. The van der Waals surface area contributed by atoms with Crippen LogP contribution >= 0.6 is 34.5 Å². The maximum Gasteiger partial charge on any atom is 0.242 e. The molecule has 8 heteroatoms. The summed E-state index contributed by atoms with van der Waals surface area (Å²) in [7, 11) is 1.64. The van der Waals surface area contributed by atoms with E-state index in [1.54, 1.807) is 35.5 Å². The van der Waals surface area contributed by atoms with Crippen LogP contribution in [-0.4, -0.2) is 55.0 Å². The number of amides is 2. The molecule has 1 aromatic heterocycles. The molecule has 0 saturated heterocycles. The van der Waals surface area contributed by atoms with Gasteiger partial charge in [-0.15, -0.1) is 11.3 Å². The van der Waals surface area contributed by atoms with Crippen molar-refractivity contribution in [2.45, 2.75) is 31.7 Å². The van der Waals surface area contributed by atoms with Gasteiger partial charge in [0.15, 0.2) is 0 Å². The molecule has 5 nitrogen and oxygen atoms in total. The number of benzene rings is 1. The fourth-order valence-electron chi connectivity index (χ4n) is 4.15. The van der Waals surface area contributed by atoms with E-state index in [2.05, 4.69) is 11.4 Å². The van der Waals surface area contributed by atoms with Crippen LogP contribution in [0.2, 0.25) is 10.0 Å².